The Kier molecular flexibility index (Phi) is 4.12. The van der Waals surface area contributed by atoms with Crippen molar-refractivity contribution in [1.82, 2.24) is 5.32 Å². The fourth-order valence-corrected chi connectivity index (χ4v) is 1.26. The second kappa shape index (κ2) is 5.36. The maximum Gasteiger partial charge on any atom is 0.279 e. The van der Waals surface area contributed by atoms with E-state index in [9.17, 15) is 4.79 Å². The largest absolute Gasteiger partial charge is 0.369 e. The predicted molar refractivity (Wildman–Crippen MR) is 62.7 cm³/mol. The summed E-state index contributed by atoms with van der Waals surface area (Å²) < 4.78 is 0. The third kappa shape index (κ3) is 3.13. The first-order chi connectivity index (χ1) is 7.54. The van der Waals surface area contributed by atoms with Crippen molar-refractivity contribution in [3.63, 3.8) is 0 Å². The summed E-state index contributed by atoms with van der Waals surface area (Å²) in [5, 5.41) is 9.67. The van der Waals surface area contributed by atoms with E-state index in [1.807, 2.05) is 6.92 Å². The molecular formula is C9H16N6O. The summed E-state index contributed by atoms with van der Waals surface area (Å²) in [6, 6.07) is -0.0771. The molecule has 6 N–H and O–H groups in total. The standard InChI is InChI=1S/C9H16N6O/c1-2-3-5(10)4-13-7-6(11)8(16)15-9(12)14-7/h5,11H,2-4,10H2,1H3,(H3,12,13,14,15,16)/t5-/m0/s1. The van der Waals surface area contributed by atoms with Crippen molar-refractivity contribution in [2.45, 2.75) is 25.8 Å². The van der Waals surface area contributed by atoms with Crippen molar-refractivity contribution in [3.05, 3.63) is 0 Å². The number of nitrogens with one attached hydrogen (secondary N) is 2. The Morgan fingerprint density at radius 2 is 2.31 bits per heavy atom. The van der Waals surface area contributed by atoms with Crippen molar-refractivity contribution in [2.75, 3.05) is 6.54 Å². The average Bonchev–Trinajstić information content (AvgIpc) is 2.21. The number of amides is 1. The number of carbonyl (C=O) groups is 1. The van der Waals surface area contributed by atoms with Crippen LogP contribution in [0.25, 0.3) is 0 Å². The molecule has 0 radical (unpaired) electrons. The van der Waals surface area contributed by atoms with Gasteiger partial charge in [-0.25, -0.2) is 0 Å². The van der Waals surface area contributed by atoms with E-state index in [1.165, 1.54) is 0 Å². The number of guanidine groups is 1. The summed E-state index contributed by atoms with van der Waals surface area (Å²) in [6.07, 6.45) is 1.81. The first-order valence-electron chi connectivity index (χ1n) is 5.09. The van der Waals surface area contributed by atoms with Gasteiger partial charge in [0, 0.05) is 6.04 Å². The average molecular weight is 224 g/mol. The molecule has 1 rings (SSSR count). The molecule has 0 aromatic heterocycles. The van der Waals surface area contributed by atoms with Crippen LogP contribution in [-0.2, 0) is 4.79 Å². The second-order valence-corrected chi connectivity index (χ2v) is 3.54. The minimum Gasteiger partial charge on any atom is -0.369 e. The monoisotopic (exact) mass is 224 g/mol. The molecule has 0 bridgehead atoms. The van der Waals surface area contributed by atoms with Crippen molar-refractivity contribution < 1.29 is 4.79 Å². The van der Waals surface area contributed by atoms with Gasteiger partial charge in [-0.05, 0) is 6.42 Å². The molecule has 88 valence electrons. The van der Waals surface area contributed by atoms with E-state index in [1.54, 1.807) is 0 Å². The van der Waals surface area contributed by atoms with Crippen LogP contribution < -0.4 is 16.8 Å². The highest BCUT2D eigenvalue weighted by Gasteiger charge is 2.22. The lowest BCUT2D eigenvalue weighted by atomic mass is 10.2. The van der Waals surface area contributed by atoms with Gasteiger partial charge in [-0.15, -0.1) is 0 Å². The molecule has 0 unspecified atom stereocenters. The summed E-state index contributed by atoms with van der Waals surface area (Å²) in [4.78, 5) is 19.0. The van der Waals surface area contributed by atoms with Gasteiger partial charge in [-0.3, -0.25) is 20.5 Å². The Labute approximate surface area is 93.5 Å². The summed E-state index contributed by atoms with van der Waals surface area (Å²) in [5.41, 5.74) is 10.8. The van der Waals surface area contributed by atoms with Crippen LogP contribution in [-0.4, -0.2) is 36.0 Å². The van der Waals surface area contributed by atoms with Gasteiger partial charge in [0.25, 0.3) is 5.91 Å². The van der Waals surface area contributed by atoms with Gasteiger partial charge in [0.2, 0.25) is 5.96 Å². The van der Waals surface area contributed by atoms with Crippen LogP contribution in [0.15, 0.2) is 9.98 Å². The van der Waals surface area contributed by atoms with Gasteiger partial charge < -0.3 is 11.5 Å². The molecule has 0 aliphatic carbocycles. The zero-order valence-corrected chi connectivity index (χ0v) is 9.16. The number of aliphatic imine (C=N–C) groups is 2. The Hall–Kier alpha value is -1.76. The first-order valence-corrected chi connectivity index (χ1v) is 5.09. The quantitative estimate of drug-likeness (QED) is 0.487. The van der Waals surface area contributed by atoms with E-state index in [2.05, 4.69) is 15.3 Å². The van der Waals surface area contributed by atoms with Crippen LogP contribution in [0, 0.1) is 5.41 Å². The molecule has 0 saturated carbocycles. The number of hydrogen-bond acceptors (Lipinski definition) is 5. The minimum absolute atomic E-state index is 0.0381. The summed E-state index contributed by atoms with van der Waals surface area (Å²) in [6.45, 7) is 2.37. The lowest BCUT2D eigenvalue weighted by Crippen LogP contribution is -2.48. The van der Waals surface area contributed by atoms with Gasteiger partial charge >= 0.3 is 0 Å². The summed E-state index contributed by atoms with van der Waals surface area (Å²) in [5.74, 6) is -0.577. The van der Waals surface area contributed by atoms with E-state index in [0.717, 1.165) is 12.8 Å². The Balaban J connectivity index is 2.71. The maximum absolute atomic E-state index is 11.2. The van der Waals surface area contributed by atoms with Crippen LogP contribution in [0.3, 0.4) is 0 Å². The molecular weight excluding hydrogens is 208 g/mol. The molecule has 7 nitrogen and oxygen atoms in total. The third-order valence-electron chi connectivity index (χ3n) is 2.05. The third-order valence-corrected chi connectivity index (χ3v) is 2.05. The number of rotatable bonds is 4. The van der Waals surface area contributed by atoms with E-state index >= 15 is 0 Å². The van der Waals surface area contributed by atoms with Crippen LogP contribution >= 0.6 is 0 Å². The van der Waals surface area contributed by atoms with Crippen LogP contribution in [0.5, 0.6) is 0 Å². The van der Waals surface area contributed by atoms with Crippen molar-refractivity contribution in [1.29, 1.82) is 5.41 Å². The highest BCUT2D eigenvalue weighted by Crippen LogP contribution is 1.97. The lowest BCUT2D eigenvalue weighted by molar-refractivity contribution is -0.113. The zero-order valence-electron chi connectivity index (χ0n) is 9.16. The number of nitrogens with two attached hydrogens (primary N) is 2. The molecule has 7 heteroatoms. The molecule has 1 atom stereocenters. The Bertz CT molecular complexity index is 359. The highest BCUT2D eigenvalue weighted by molar-refractivity contribution is 6.68. The van der Waals surface area contributed by atoms with Crippen LogP contribution in [0.4, 0.5) is 0 Å². The maximum atomic E-state index is 11.2. The van der Waals surface area contributed by atoms with Crippen molar-refractivity contribution in [2.24, 2.45) is 21.5 Å². The molecule has 0 fully saturated rings. The number of amidine groups is 1. The number of carbonyl (C=O) groups excluding carboxylic acids is 1. The highest BCUT2D eigenvalue weighted by atomic mass is 16.2. The topological polar surface area (TPSA) is 130 Å². The number of nitrogens with zero attached hydrogens (tertiary/aromatic N) is 2. The zero-order chi connectivity index (χ0) is 12.1. The fraction of sp³-hybridized carbons (Fsp3) is 0.556. The minimum atomic E-state index is -0.588. The second-order valence-electron chi connectivity index (χ2n) is 3.54. The van der Waals surface area contributed by atoms with Gasteiger partial charge in [-0.1, -0.05) is 13.3 Å². The van der Waals surface area contributed by atoms with Crippen LogP contribution in [0.2, 0.25) is 0 Å². The van der Waals surface area contributed by atoms with E-state index in [0.29, 0.717) is 6.54 Å². The first kappa shape index (κ1) is 12.3. The molecule has 16 heavy (non-hydrogen) atoms. The summed E-state index contributed by atoms with van der Waals surface area (Å²) >= 11 is 0. The van der Waals surface area contributed by atoms with Gasteiger partial charge in [0.15, 0.2) is 11.5 Å². The number of hydrogen-bond donors (Lipinski definition) is 4. The molecule has 1 aliphatic rings. The SMILES string of the molecule is CCC[C@H](N)CN=C1N=C(N)NC(=O)C1=N. The van der Waals surface area contributed by atoms with E-state index in [-0.39, 0.29) is 23.5 Å². The van der Waals surface area contributed by atoms with E-state index in [4.69, 9.17) is 16.9 Å². The van der Waals surface area contributed by atoms with E-state index < -0.39 is 5.91 Å². The fourth-order valence-electron chi connectivity index (χ4n) is 1.26. The van der Waals surface area contributed by atoms with Crippen molar-refractivity contribution >= 4 is 23.4 Å². The Morgan fingerprint density at radius 1 is 1.62 bits per heavy atom. The summed E-state index contributed by atoms with van der Waals surface area (Å²) in [7, 11) is 0. The molecule has 1 aliphatic heterocycles. The normalized spacial score (nSPS) is 20.6. The Morgan fingerprint density at radius 3 is 2.94 bits per heavy atom. The van der Waals surface area contributed by atoms with Gasteiger partial charge in [0.1, 0.15) is 0 Å². The smallest absolute Gasteiger partial charge is 0.279 e. The molecule has 1 heterocycles. The molecule has 0 spiro atoms. The molecule has 0 aromatic carbocycles. The predicted octanol–water partition coefficient (Wildman–Crippen LogP) is -1.02. The van der Waals surface area contributed by atoms with Gasteiger partial charge in [-0.2, -0.15) is 4.99 Å². The lowest BCUT2D eigenvalue weighted by Gasteiger charge is -2.13. The van der Waals surface area contributed by atoms with Crippen LogP contribution in [0.1, 0.15) is 19.8 Å². The molecule has 0 saturated heterocycles. The molecule has 1 amide bonds. The van der Waals surface area contributed by atoms with Crippen molar-refractivity contribution in [3.8, 4) is 0 Å². The molecule has 0 aromatic rings. The van der Waals surface area contributed by atoms with Gasteiger partial charge in [0.05, 0.1) is 6.54 Å².